The SMILES string of the molecule is CCN1CCc2c(cc(OC)c(OC)c2N)C1. The van der Waals surface area contributed by atoms with Crippen molar-refractivity contribution in [2.45, 2.75) is 19.9 Å². The summed E-state index contributed by atoms with van der Waals surface area (Å²) >= 11 is 0. The molecule has 94 valence electrons. The summed E-state index contributed by atoms with van der Waals surface area (Å²) in [4.78, 5) is 2.40. The minimum absolute atomic E-state index is 0.663. The third-order valence-electron chi connectivity index (χ3n) is 3.43. The molecule has 0 aromatic heterocycles. The maximum Gasteiger partial charge on any atom is 0.184 e. The number of nitrogens with zero attached hydrogens (tertiary/aromatic N) is 1. The predicted molar refractivity (Wildman–Crippen MR) is 68.6 cm³/mol. The summed E-state index contributed by atoms with van der Waals surface area (Å²) in [6.07, 6.45) is 0.982. The molecule has 0 unspecified atom stereocenters. The molecule has 0 saturated carbocycles. The second-order valence-corrected chi connectivity index (χ2v) is 4.28. The molecule has 4 heteroatoms. The van der Waals surface area contributed by atoms with Crippen LogP contribution in [-0.4, -0.2) is 32.2 Å². The van der Waals surface area contributed by atoms with E-state index in [-0.39, 0.29) is 0 Å². The number of nitrogen functional groups attached to an aromatic ring is 1. The third-order valence-corrected chi connectivity index (χ3v) is 3.43. The van der Waals surface area contributed by atoms with Gasteiger partial charge in [-0.15, -0.1) is 0 Å². The van der Waals surface area contributed by atoms with Crippen LogP contribution in [0.1, 0.15) is 18.1 Å². The van der Waals surface area contributed by atoms with Gasteiger partial charge in [-0.3, -0.25) is 4.90 Å². The van der Waals surface area contributed by atoms with E-state index < -0.39 is 0 Å². The first kappa shape index (κ1) is 12.0. The number of anilines is 1. The van der Waals surface area contributed by atoms with Gasteiger partial charge in [0.15, 0.2) is 11.5 Å². The summed E-state index contributed by atoms with van der Waals surface area (Å²) < 4.78 is 10.7. The number of rotatable bonds is 3. The molecule has 2 rings (SSSR count). The van der Waals surface area contributed by atoms with Gasteiger partial charge in [-0.2, -0.15) is 0 Å². The van der Waals surface area contributed by atoms with Crippen molar-refractivity contribution in [1.82, 2.24) is 4.90 Å². The van der Waals surface area contributed by atoms with Gasteiger partial charge in [0, 0.05) is 13.1 Å². The van der Waals surface area contributed by atoms with E-state index in [0.717, 1.165) is 37.5 Å². The molecule has 0 radical (unpaired) electrons. The van der Waals surface area contributed by atoms with Crippen LogP contribution in [0.2, 0.25) is 0 Å². The van der Waals surface area contributed by atoms with Gasteiger partial charge in [-0.25, -0.2) is 0 Å². The molecule has 1 aromatic carbocycles. The number of methoxy groups -OCH3 is 2. The Morgan fingerprint density at radius 3 is 2.71 bits per heavy atom. The highest BCUT2D eigenvalue weighted by atomic mass is 16.5. The topological polar surface area (TPSA) is 47.7 Å². The standard InChI is InChI=1S/C13H20N2O2/c1-4-15-6-5-10-9(8-15)7-11(16-2)13(17-3)12(10)14/h7H,4-6,8,14H2,1-3H3. The van der Waals surface area contributed by atoms with Gasteiger partial charge >= 0.3 is 0 Å². The summed E-state index contributed by atoms with van der Waals surface area (Å²) in [5.41, 5.74) is 9.36. The van der Waals surface area contributed by atoms with Crippen LogP contribution in [0.4, 0.5) is 5.69 Å². The predicted octanol–water partition coefficient (Wildman–Crippen LogP) is 1.66. The molecule has 0 atom stereocenters. The molecule has 1 heterocycles. The van der Waals surface area contributed by atoms with E-state index in [4.69, 9.17) is 15.2 Å². The van der Waals surface area contributed by atoms with Crippen molar-refractivity contribution in [2.24, 2.45) is 0 Å². The third kappa shape index (κ3) is 2.05. The summed E-state index contributed by atoms with van der Waals surface area (Å²) in [5, 5.41) is 0. The first-order chi connectivity index (χ1) is 8.21. The Morgan fingerprint density at radius 1 is 1.35 bits per heavy atom. The zero-order valence-corrected chi connectivity index (χ0v) is 10.7. The molecule has 4 nitrogen and oxygen atoms in total. The Morgan fingerprint density at radius 2 is 2.12 bits per heavy atom. The van der Waals surface area contributed by atoms with Gasteiger partial charge in [-0.05, 0) is 30.2 Å². The zero-order chi connectivity index (χ0) is 12.4. The lowest BCUT2D eigenvalue weighted by atomic mass is 9.96. The van der Waals surface area contributed by atoms with Crippen molar-refractivity contribution in [2.75, 3.05) is 33.0 Å². The maximum atomic E-state index is 6.15. The minimum Gasteiger partial charge on any atom is -0.493 e. The lowest BCUT2D eigenvalue weighted by Gasteiger charge is -2.29. The molecule has 17 heavy (non-hydrogen) atoms. The van der Waals surface area contributed by atoms with Crippen LogP contribution in [0, 0.1) is 0 Å². The second kappa shape index (κ2) is 4.84. The second-order valence-electron chi connectivity index (χ2n) is 4.28. The van der Waals surface area contributed by atoms with Crippen LogP contribution in [0.5, 0.6) is 11.5 Å². The highest BCUT2D eigenvalue weighted by Gasteiger charge is 2.22. The zero-order valence-electron chi connectivity index (χ0n) is 10.7. The maximum absolute atomic E-state index is 6.15. The highest BCUT2D eigenvalue weighted by Crippen LogP contribution is 2.40. The van der Waals surface area contributed by atoms with Crippen LogP contribution in [0.15, 0.2) is 6.07 Å². The number of benzene rings is 1. The van der Waals surface area contributed by atoms with Crippen LogP contribution < -0.4 is 15.2 Å². The normalized spacial score (nSPS) is 15.5. The average molecular weight is 236 g/mol. The van der Waals surface area contributed by atoms with E-state index in [1.807, 2.05) is 6.07 Å². The molecule has 1 aliphatic heterocycles. The fourth-order valence-electron chi connectivity index (χ4n) is 2.41. The fraction of sp³-hybridized carbons (Fsp3) is 0.538. The monoisotopic (exact) mass is 236 g/mol. The number of likely N-dealkylation sites (N-methyl/N-ethyl adjacent to an activating group) is 1. The number of nitrogens with two attached hydrogens (primary N) is 1. The molecule has 2 N–H and O–H groups in total. The van der Waals surface area contributed by atoms with E-state index in [2.05, 4.69) is 11.8 Å². The van der Waals surface area contributed by atoms with E-state index in [1.54, 1.807) is 14.2 Å². The van der Waals surface area contributed by atoms with Crippen LogP contribution in [0.25, 0.3) is 0 Å². The van der Waals surface area contributed by atoms with E-state index in [9.17, 15) is 0 Å². The Hall–Kier alpha value is -1.42. The molecular weight excluding hydrogens is 216 g/mol. The van der Waals surface area contributed by atoms with Gasteiger partial charge in [0.2, 0.25) is 0 Å². The first-order valence-electron chi connectivity index (χ1n) is 5.95. The van der Waals surface area contributed by atoms with Crippen LogP contribution in [0.3, 0.4) is 0 Å². The van der Waals surface area contributed by atoms with Crippen molar-refractivity contribution in [3.8, 4) is 11.5 Å². The number of ether oxygens (including phenoxy) is 2. The fourth-order valence-corrected chi connectivity index (χ4v) is 2.41. The average Bonchev–Trinajstić information content (AvgIpc) is 2.37. The molecule has 1 aliphatic rings. The van der Waals surface area contributed by atoms with Gasteiger partial charge in [0.05, 0.1) is 19.9 Å². The van der Waals surface area contributed by atoms with E-state index >= 15 is 0 Å². The summed E-state index contributed by atoms with van der Waals surface area (Å²) in [6, 6.07) is 2.05. The largest absolute Gasteiger partial charge is 0.493 e. The van der Waals surface area contributed by atoms with Crippen LogP contribution >= 0.6 is 0 Å². The minimum atomic E-state index is 0.663. The molecular formula is C13H20N2O2. The lowest BCUT2D eigenvalue weighted by molar-refractivity contribution is 0.266. The van der Waals surface area contributed by atoms with Crippen molar-refractivity contribution >= 4 is 5.69 Å². The summed E-state index contributed by atoms with van der Waals surface area (Å²) in [5.74, 6) is 1.39. The Bertz CT molecular complexity index is 418. The highest BCUT2D eigenvalue weighted by molar-refractivity contribution is 5.68. The van der Waals surface area contributed by atoms with Gasteiger partial charge in [0.25, 0.3) is 0 Å². The molecule has 0 aliphatic carbocycles. The van der Waals surface area contributed by atoms with Crippen LogP contribution in [-0.2, 0) is 13.0 Å². The molecule has 0 amide bonds. The van der Waals surface area contributed by atoms with Crippen molar-refractivity contribution < 1.29 is 9.47 Å². The Balaban J connectivity index is 2.46. The van der Waals surface area contributed by atoms with Gasteiger partial charge < -0.3 is 15.2 Å². The quantitative estimate of drug-likeness (QED) is 0.811. The molecule has 1 aromatic rings. The molecule has 0 bridgehead atoms. The lowest BCUT2D eigenvalue weighted by Crippen LogP contribution is -2.30. The Labute approximate surface area is 102 Å². The molecule has 0 saturated heterocycles. The van der Waals surface area contributed by atoms with E-state index in [0.29, 0.717) is 5.75 Å². The molecule has 0 spiro atoms. The number of fused-ring (bicyclic) bond motifs is 1. The van der Waals surface area contributed by atoms with Crippen molar-refractivity contribution in [1.29, 1.82) is 0 Å². The van der Waals surface area contributed by atoms with Gasteiger partial charge in [-0.1, -0.05) is 6.92 Å². The van der Waals surface area contributed by atoms with E-state index in [1.165, 1.54) is 11.1 Å². The van der Waals surface area contributed by atoms with Crippen molar-refractivity contribution in [3.05, 3.63) is 17.2 Å². The smallest absolute Gasteiger partial charge is 0.184 e. The van der Waals surface area contributed by atoms with Crippen molar-refractivity contribution in [3.63, 3.8) is 0 Å². The molecule has 0 fully saturated rings. The summed E-state index contributed by atoms with van der Waals surface area (Å²) in [7, 11) is 3.27. The number of hydrogen-bond donors (Lipinski definition) is 1. The van der Waals surface area contributed by atoms with Gasteiger partial charge in [0.1, 0.15) is 0 Å². The first-order valence-corrected chi connectivity index (χ1v) is 5.95. The summed E-state index contributed by atoms with van der Waals surface area (Å²) in [6.45, 7) is 5.24. The number of hydrogen-bond acceptors (Lipinski definition) is 4. The Kier molecular flexibility index (Phi) is 3.43.